The topological polar surface area (TPSA) is 85.1 Å². The molecule has 0 aliphatic heterocycles. The van der Waals surface area contributed by atoms with E-state index in [0.717, 1.165) is 16.8 Å². The quantitative estimate of drug-likeness (QED) is 0.846. The van der Waals surface area contributed by atoms with E-state index in [2.05, 4.69) is 10.3 Å². The zero-order valence-electron chi connectivity index (χ0n) is 11.7. The first-order valence-electron chi connectivity index (χ1n) is 6.29. The number of aromatic nitrogens is 1. The zero-order valence-corrected chi connectivity index (χ0v) is 13.2. The van der Waals surface area contributed by atoms with Crippen molar-refractivity contribution in [2.45, 2.75) is 24.8 Å². The number of nitrogens with zero attached hydrogens (tertiary/aromatic N) is 1. The number of hydrogen-bond acceptors (Lipinski definition) is 4. The third-order valence-corrected chi connectivity index (χ3v) is 4.43. The highest BCUT2D eigenvalue weighted by atomic mass is 35.5. The van der Waals surface area contributed by atoms with E-state index in [0.29, 0.717) is 5.15 Å². The summed E-state index contributed by atoms with van der Waals surface area (Å²) in [6.07, 6.45) is 1.66. The summed E-state index contributed by atoms with van der Waals surface area (Å²) in [5.41, 5.74) is 2.67. The number of nitrogens with two attached hydrogens (primary N) is 1. The minimum absolute atomic E-state index is 0.0121. The number of halogens is 1. The largest absolute Gasteiger partial charge is 0.377 e. The molecule has 1 unspecified atom stereocenters. The average Bonchev–Trinajstić information content (AvgIpc) is 2.42. The third kappa shape index (κ3) is 3.93. The SMILES string of the molecule is Cc1cc(NC(C)c2ccc(S(N)(=O)=O)cc2)cnc1Cl. The Morgan fingerprint density at radius 2 is 1.90 bits per heavy atom. The maximum absolute atomic E-state index is 11.2. The summed E-state index contributed by atoms with van der Waals surface area (Å²) >= 11 is 5.89. The molecule has 0 aliphatic carbocycles. The highest BCUT2D eigenvalue weighted by Crippen LogP contribution is 2.22. The van der Waals surface area contributed by atoms with E-state index < -0.39 is 10.0 Å². The molecule has 0 saturated heterocycles. The first-order valence-corrected chi connectivity index (χ1v) is 8.21. The fraction of sp³-hybridized carbons (Fsp3) is 0.214. The van der Waals surface area contributed by atoms with Crippen molar-refractivity contribution in [3.05, 3.63) is 52.8 Å². The summed E-state index contributed by atoms with van der Waals surface area (Å²) in [5, 5.41) is 8.83. The number of anilines is 1. The Labute approximate surface area is 129 Å². The van der Waals surface area contributed by atoms with Crippen LogP contribution in [0.2, 0.25) is 5.15 Å². The number of hydrogen-bond donors (Lipinski definition) is 2. The molecule has 112 valence electrons. The van der Waals surface area contributed by atoms with E-state index in [4.69, 9.17) is 16.7 Å². The van der Waals surface area contributed by atoms with Crippen molar-refractivity contribution in [2.24, 2.45) is 5.14 Å². The Morgan fingerprint density at radius 1 is 1.29 bits per heavy atom. The van der Waals surface area contributed by atoms with Gasteiger partial charge < -0.3 is 5.32 Å². The molecular weight excluding hydrogens is 310 g/mol. The molecule has 1 atom stereocenters. The lowest BCUT2D eigenvalue weighted by Gasteiger charge is -2.16. The van der Waals surface area contributed by atoms with E-state index >= 15 is 0 Å². The molecule has 7 heteroatoms. The van der Waals surface area contributed by atoms with Gasteiger partial charge in [-0.3, -0.25) is 0 Å². The van der Waals surface area contributed by atoms with Crippen LogP contribution in [0.5, 0.6) is 0 Å². The number of sulfonamides is 1. The van der Waals surface area contributed by atoms with Gasteiger partial charge in [0.2, 0.25) is 10.0 Å². The van der Waals surface area contributed by atoms with E-state index in [-0.39, 0.29) is 10.9 Å². The number of aryl methyl sites for hydroxylation is 1. The third-order valence-electron chi connectivity index (χ3n) is 3.11. The van der Waals surface area contributed by atoms with Crippen LogP contribution in [0.1, 0.15) is 24.1 Å². The molecule has 0 spiro atoms. The van der Waals surface area contributed by atoms with Gasteiger partial charge in [0.1, 0.15) is 5.15 Å². The minimum atomic E-state index is -3.66. The Bertz CT molecular complexity index is 745. The highest BCUT2D eigenvalue weighted by Gasteiger charge is 2.10. The zero-order chi connectivity index (χ0) is 15.6. The number of primary sulfonamides is 1. The van der Waals surface area contributed by atoms with Crippen LogP contribution >= 0.6 is 11.6 Å². The molecule has 0 radical (unpaired) electrons. The Morgan fingerprint density at radius 3 is 2.43 bits per heavy atom. The molecule has 2 aromatic rings. The van der Waals surface area contributed by atoms with Crippen LogP contribution in [0.4, 0.5) is 5.69 Å². The standard InChI is InChI=1S/C14H16ClN3O2S/c1-9-7-12(8-17-14(9)15)18-10(2)11-3-5-13(6-4-11)21(16,19)20/h3-8,10,18H,1-2H3,(H2,16,19,20). The van der Waals surface area contributed by atoms with Gasteiger partial charge in [-0.05, 0) is 43.2 Å². The van der Waals surface area contributed by atoms with Crippen molar-refractivity contribution in [3.8, 4) is 0 Å². The maximum atomic E-state index is 11.2. The molecule has 2 rings (SSSR count). The summed E-state index contributed by atoms with van der Waals surface area (Å²) in [5.74, 6) is 0. The van der Waals surface area contributed by atoms with E-state index in [9.17, 15) is 8.42 Å². The fourth-order valence-electron chi connectivity index (χ4n) is 1.92. The molecule has 1 aromatic carbocycles. The van der Waals surface area contributed by atoms with Gasteiger partial charge in [-0.15, -0.1) is 0 Å². The second-order valence-corrected chi connectivity index (χ2v) is 6.73. The van der Waals surface area contributed by atoms with Crippen molar-refractivity contribution >= 4 is 27.3 Å². The number of rotatable bonds is 4. The molecule has 0 amide bonds. The fourth-order valence-corrected chi connectivity index (χ4v) is 2.54. The van der Waals surface area contributed by atoms with Crippen LogP contribution < -0.4 is 10.5 Å². The Hall–Kier alpha value is -1.63. The van der Waals surface area contributed by atoms with Crippen LogP contribution in [0, 0.1) is 6.92 Å². The van der Waals surface area contributed by atoms with E-state index in [1.807, 2.05) is 19.9 Å². The Kier molecular flexibility index (Phi) is 4.51. The van der Waals surface area contributed by atoms with Crippen molar-refractivity contribution in [1.29, 1.82) is 0 Å². The average molecular weight is 326 g/mol. The second-order valence-electron chi connectivity index (χ2n) is 4.81. The van der Waals surface area contributed by atoms with Gasteiger partial charge in [-0.25, -0.2) is 18.5 Å². The van der Waals surface area contributed by atoms with Crippen molar-refractivity contribution in [2.75, 3.05) is 5.32 Å². The van der Waals surface area contributed by atoms with Crippen molar-refractivity contribution in [3.63, 3.8) is 0 Å². The summed E-state index contributed by atoms with van der Waals surface area (Å²) in [6, 6.07) is 8.34. The normalized spacial score (nSPS) is 13.0. The molecule has 0 bridgehead atoms. The molecule has 0 saturated carbocycles. The van der Waals surface area contributed by atoms with Crippen LogP contribution in [0.25, 0.3) is 0 Å². The lowest BCUT2D eigenvalue weighted by molar-refractivity contribution is 0.597. The lowest BCUT2D eigenvalue weighted by atomic mass is 10.1. The molecule has 5 nitrogen and oxygen atoms in total. The summed E-state index contributed by atoms with van der Waals surface area (Å²) in [4.78, 5) is 4.18. The van der Waals surface area contributed by atoms with E-state index in [1.165, 1.54) is 12.1 Å². The first-order chi connectivity index (χ1) is 9.77. The molecular formula is C14H16ClN3O2S. The van der Waals surface area contributed by atoms with Gasteiger partial charge in [0.25, 0.3) is 0 Å². The van der Waals surface area contributed by atoms with Gasteiger partial charge in [0.05, 0.1) is 16.8 Å². The van der Waals surface area contributed by atoms with Crippen molar-refractivity contribution in [1.82, 2.24) is 4.98 Å². The monoisotopic (exact) mass is 325 g/mol. The van der Waals surface area contributed by atoms with Crippen LogP contribution in [-0.2, 0) is 10.0 Å². The minimum Gasteiger partial charge on any atom is -0.377 e. The van der Waals surface area contributed by atoms with E-state index in [1.54, 1.807) is 18.3 Å². The first kappa shape index (κ1) is 15.8. The number of benzene rings is 1. The van der Waals surface area contributed by atoms with Gasteiger partial charge in [0, 0.05) is 6.04 Å². The lowest BCUT2D eigenvalue weighted by Crippen LogP contribution is -2.12. The molecule has 0 fully saturated rings. The van der Waals surface area contributed by atoms with Crippen molar-refractivity contribution < 1.29 is 8.42 Å². The van der Waals surface area contributed by atoms with Crippen LogP contribution in [0.3, 0.4) is 0 Å². The van der Waals surface area contributed by atoms with Gasteiger partial charge in [-0.1, -0.05) is 23.7 Å². The molecule has 1 aromatic heterocycles. The molecule has 21 heavy (non-hydrogen) atoms. The number of nitrogens with one attached hydrogen (secondary N) is 1. The summed E-state index contributed by atoms with van der Waals surface area (Å²) in [6.45, 7) is 3.85. The summed E-state index contributed by atoms with van der Waals surface area (Å²) < 4.78 is 22.4. The highest BCUT2D eigenvalue weighted by molar-refractivity contribution is 7.89. The maximum Gasteiger partial charge on any atom is 0.238 e. The van der Waals surface area contributed by atoms with Gasteiger partial charge in [0.15, 0.2) is 0 Å². The molecule has 0 aliphatic rings. The molecule has 3 N–H and O–H groups in total. The number of pyridine rings is 1. The smallest absolute Gasteiger partial charge is 0.238 e. The predicted molar refractivity (Wildman–Crippen MR) is 83.8 cm³/mol. The van der Waals surface area contributed by atoms with Crippen LogP contribution in [-0.4, -0.2) is 13.4 Å². The Balaban J connectivity index is 2.16. The van der Waals surface area contributed by atoms with Gasteiger partial charge >= 0.3 is 0 Å². The van der Waals surface area contributed by atoms with Gasteiger partial charge in [-0.2, -0.15) is 0 Å². The predicted octanol–water partition coefficient (Wildman–Crippen LogP) is 2.86. The molecule has 1 heterocycles. The van der Waals surface area contributed by atoms with Crippen LogP contribution in [0.15, 0.2) is 41.4 Å². The summed E-state index contributed by atoms with van der Waals surface area (Å²) in [7, 11) is -3.66. The second kappa shape index (κ2) is 6.01.